The first-order chi connectivity index (χ1) is 10.1. The molecule has 0 saturated carbocycles. The highest BCUT2D eigenvalue weighted by atomic mass is 16.5. The molecule has 2 aromatic rings. The molecule has 0 aromatic heterocycles. The predicted molar refractivity (Wildman–Crippen MR) is 82.2 cm³/mol. The minimum absolute atomic E-state index is 0.339. The van der Waals surface area contributed by atoms with Crippen LogP contribution in [0.15, 0.2) is 48.5 Å². The van der Waals surface area contributed by atoms with Crippen LogP contribution >= 0.6 is 0 Å². The first-order valence-corrected chi connectivity index (χ1v) is 6.80. The van der Waals surface area contributed by atoms with Crippen LogP contribution in [-0.2, 0) is 11.3 Å². The van der Waals surface area contributed by atoms with E-state index in [1.807, 2.05) is 36.4 Å². The van der Waals surface area contributed by atoms with Crippen LogP contribution in [0.5, 0.6) is 0 Å². The van der Waals surface area contributed by atoms with Crippen LogP contribution in [0.1, 0.15) is 34.5 Å². The van der Waals surface area contributed by atoms with Crippen molar-refractivity contribution < 1.29 is 14.6 Å². The zero-order valence-corrected chi connectivity index (χ0v) is 12.2. The Labute approximate surface area is 124 Å². The zero-order valence-electron chi connectivity index (χ0n) is 12.2. The van der Waals surface area contributed by atoms with Crippen LogP contribution in [-0.4, -0.2) is 18.2 Å². The summed E-state index contributed by atoms with van der Waals surface area (Å²) in [4.78, 5) is 11.4. The molecule has 0 heterocycles. The number of hydrogen-bond acceptors (Lipinski definition) is 4. The van der Waals surface area contributed by atoms with E-state index < -0.39 is 6.10 Å². The highest BCUT2D eigenvalue weighted by Gasteiger charge is 2.07. The second-order valence-corrected chi connectivity index (χ2v) is 4.81. The van der Waals surface area contributed by atoms with Gasteiger partial charge in [-0.25, -0.2) is 4.79 Å². The maximum absolute atomic E-state index is 11.4. The maximum Gasteiger partial charge on any atom is 0.337 e. The number of aliphatic hydroxyl groups is 1. The topological polar surface area (TPSA) is 58.6 Å². The minimum atomic E-state index is -0.518. The standard InChI is InChI=1S/C17H19NO3/c1-12(19)15-5-3-4-6-16(15)18-11-13-7-9-14(10-8-13)17(20)21-2/h3-10,12,18-19H,11H2,1-2H3. The third-order valence-corrected chi connectivity index (χ3v) is 3.27. The third-order valence-electron chi connectivity index (χ3n) is 3.27. The molecule has 110 valence electrons. The van der Waals surface area contributed by atoms with Gasteiger partial charge in [-0.1, -0.05) is 30.3 Å². The number of benzene rings is 2. The molecule has 0 aliphatic rings. The van der Waals surface area contributed by atoms with E-state index in [0.29, 0.717) is 12.1 Å². The van der Waals surface area contributed by atoms with Crippen LogP contribution in [0.4, 0.5) is 5.69 Å². The Morgan fingerprint density at radius 3 is 2.48 bits per heavy atom. The number of nitrogens with one attached hydrogen (secondary N) is 1. The van der Waals surface area contributed by atoms with Gasteiger partial charge in [0.15, 0.2) is 0 Å². The molecule has 1 unspecified atom stereocenters. The second-order valence-electron chi connectivity index (χ2n) is 4.81. The number of para-hydroxylation sites is 1. The van der Waals surface area contributed by atoms with Gasteiger partial charge in [0, 0.05) is 17.8 Å². The lowest BCUT2D eigenvalue weighted by atomic mass is 10.1. The first-order valence-electron chi connectivity index (χ1n) is 6.80. The van der Waals surface area contributed by atoms with Crippen LogP contribution in [0.25, 0.3) is 0 Å². The Morgan fingerprint density at radius 2 is 1.86 bits per heavy atom. The van der Waals surface area contributed by atoms with Crippen molar-refractivity contribution in [3.63, 3.8) is 0 Å². The molecule has 0 aliphatic heterocycles. The smallest absolute Gasteiger partial charge is 0.337 e. The number of anilines is 1. The number of aliphatic hydroxyl groups excluding tert-OH is 1. The number of carbonyl (C=O) groups is 1. The lowest BCUT2D eigenvalue weighted by Crippen LogP contribution is -2.05. The average molecular weight is 285 g/mol. The summed E-state index contributed by atoms with van der Waals surface area (Å²) < 4.78 is 4.67. The molecule has 2 aromatic carbocycles. The van der Waals surface area contributed by atoms with Gasteiger partial charge in [-0.05, 0) is 30.7 Å². The van der Waals surface area contributed by atoms with Crippen molar-refractivity contribution in [1.82, 2.24) is 0 Å². The van der Waals surface area contributed by atoms with Crippen LogP contribution in [0.2, 0.25) is 0 Å². The molecule has 0 fully saturated rings. The summed E-state index contributed by atoms with van der Waals surface area (Å²) in [6.45, 7) is 2.36. The zero-order chi connectivity index (χ0) is 15.2. The van der Waals surface area contributed by atoms with E-state index >= 15 is 0 Å². The van der Waals surface area contributed by atoms with Crippen LogP contribution in [0, 0.1) is 0 Å². The van der Waals surface area contributed by atoms with Crippen molar-refractivity contribution in [1.29, 1.82) is 0 Å². The van der Waals surface area contributed by atoms with Gasteiger partial charge in [-0.3, -0.25) is 0 Å². The maximum atomic E-state index is 11.4. The SMILES string of the molecule is COC(=O)c1ccc(CNc2ccccc2C(C)O)cc1. The molecule has 2 rings (SSSR count). The normalized spacial score (nSPS) is 11.8. The van der Waals surface area contributed by atoms with Gasteiger partial charge in [0.2, 0.25) is 0 Å². The quantitative estimate of drug-likeness (QED) is 0.829. The lowest BCUT2D eigenvalue weighted by Gasteiger charge is -2.14. The number of esters is 1. The lowest BCUT2D eigenvalue weighted by molar-refractivity contribution is 0.0600. The summed E-state index contributed by atoms with van der Waals surface area (Å²) in [7, 11) is 1.37. The van der Waals surface area contributed by atoms with E-state index in [1.165, 1.54) is 7.11 Å². The minimum Gasteiger partial charge on any atom is -0.465 e. The fourth-order valence-corrected chi connectivity index (χ4v) is 2.10. The summed E-state index contributed by atoms with van der Waals surface area (Å²) >= 11 is 0. The summed E-state index contributed by atoms with van der Waals surface area (Å²) in [5.41, 5.74) is 3.35. The Kier molecular flexibility index (Phi) is 4.95. The highest BCUT2D eigenvalue weighted by Crippen LogP contribution is 2.22. The predicted octanol–water partition coefficient (Wildman–Crippen LogP) is 3.14. The number of carbonyl (C=O) groups excluding carboxylic acids is 1. The largest absolute Gasteiger partial charge is 0.465 e. The van der Waals surface area contributed by atoms with E-state index in [9.17, 15) is 9.90 Å². The van der Waals surface area contributed by atoms with E-state index in [-0.39, 0.29) is 5.97 Å². The number of hydrogen-bond donors (Lipinski definition) is 2. The van der Waals surface area contributed by atoms with Gasteiger partial charge < -0.3 is 15.2 Å². The van der Waals surface area contributed by atoms with Crippen molar-refractivity contribution in [2.45, 2.75) is 19.6 Å². The first kappa shape index (κ1) is 15.1. The third kappa shape index (κ3) is 3.83. The molecule has 0 bridgehead atoms. The fourth-order valence-electron chi connectivity index (χ4n) is 2.10. The number of methoxy groups -OCH3 is 1. The Balaban J connectivity index is 2.05. The Hall–Kier alpha value is -2.33. The summed E-state index contributed by atoms with van der Waals surface area (Å²) in [6.07, 6.45) is -0.518. The van der Waals surface area contributed by atoms with Crippen molar-refractivity contribution >= 4 is 11.7 Å². The molecule has 4 heteroatoms. The second kappa shape index (κ2) is 6.90. The molecule has 0 spiro atoms. The Bertz CT molecular complexity index is 606. The van der Waals surface area contributed by atoms with Crippen molar-refractivity contribution in [3.8, 4) is 0 Å². The van der Waals surface area contributed by atoms with E-state index in [0.717, 1.165) is 16.8 Å². The summed E-state index contributed by atoms with van der Waals surface area (Å²) in [5, 5.41) is 13.0. The molecular weight excluding hydrogens is 266 g/mol. The van der Waals surface area contributed by atoms with Gasteiger partial charge >= 0.3 is 5.97 Å². The van der Waals surface area contributed by atoms with Crippen LogP contribution < -0.4 is 5.32 Å². The van der Waals surface area contributed by atoms with Crippen molar-refractivity contribution in [2.75, 3.05) is 12.4 Å². The van der Waals surface area contributed by atoms with Gasteiger partial charge in [0.25, 0.3) is 0 Å². The molecule has 0 saturated heterocycles. The molecular formula is C17H19NO3. The molecule has 0 amide bonds. The van der Waals surface area contributed by atoms with E-state index in [4.69, 9.17) is 0 Å². The molecule has 1 atom stereocenters. The van der Waals surface area contributed by atoms with Gasteiger partial charge in [0.1, 0.15) is 0 Å². The number of rotatable bonds is 5. The van der Waals surface area contributed by atoms with Crippen molar-refractivity contribution in [3.05, 3.63) is 65.2 Å². The molecule has 21 heavy (non-hydrogen) atoms. The van der Waals surface area contributed by atoms with E-state index in [1.54, 1.807) is 19.1 Å². The summed E-state index contributed by atoms with van der Waals surface area (Å²) in [5.74, 6) is -0.339. The van der Waals surface area contributed by atoms with E-state index in [2.05, 4.69) is 10.1 Å². The summed E-state index contributed by atoms with van der Waals surface area (Å²) in [6, 6.07) is 14.9. The average Bonchev–Trinajstić information content (AvgIpc) is 2.52. The Morgan fingerprint density at radius 1 is 1.19 bits per heavy atom. The van der Waals surface area contributed by atoms with Gasteiger partial charge in [0.05, 0.1) is 18.8 Å². The monoisotopic (exact) mass is 285 g/mol. The molecule has 2 N–H and O–H groups in total. The highest BCUT2D eigenvalue weighted by molar-refractivity contribution is 5.89. The molecule has 0 radical (unpaired) electrons. The van der Waals surface area contributed by atoms with Gasteiger partial charge in [-0.2, -0.15) is 0 Å². The number of ether oxygens (including phenoxy) is 1. The fraction of sp³-hybridized carbons (Fsp3) is 0.235. The van der Waals surface area contributed by atoms with Crippen molar-refractivity contribution in [2.24, 2.45) is 0 Å². The van der Waals surface area contributed by atoms with Crippen LogP contribution in [0.3, 0.4) is 0 Å². The molecule has 4 nitrogen and oxygen atoms in total. The molecule has 0 aliphatic carbocycles. The van der Waals surface area contributed by atoms with Gasteiger partial charge in [-0.15, -0.1) is 0 Å².